The number of hydrogen-bond acceptors (Lipinski definition) is 4. The number of halogens is 1. The molecule has 0 amide bonds. The molecule has 156 valence electrons. The predicted molar refractivity (Wildman–Crippen MR) is 129 cm³/mol. The fraction of sp³-hybridized carbons (Fsp3) is 0.0952. The van der Waals surface area contributed by atoms with Gasteiger partial charge in [-0.05, 0) is 67.7 Å². The van der Waals surface area contributed by atoms with Crippen LogP contribution in [0.25, 0.3) is 0 Å². The maximum atomic E-state index is 12.7. The molecule has 3 N–H and O–H groups in total. The van der Waals surface area contributed by atoms with Crippen LogP contribution >= 0.6 is 28.1 Å². The fourth-order valence-corrected chi connectivity index (χ4v) is 4.16. The first-order valence-electron chi connectivity index (χ1n) is 8.88. The minimum atomic E-state index is -3.78. The van der Waals surface area contributed by atoms with Crippen LogP contribution in [0.1, 0.15) is 5.56 Å². The van der Waals surface area contributed by atoms with Gasteiger partial charge < -0.3 is 15.4 Å². The van der Waals surface area contributed by atoms with Crippen molar-refractivity contribution in [3.05, 3.63) is 76.8 Å². The average Bonchev–Trinajstić information content (AvgIpc) is 2.71. The highest BCUT2D eigenvalue weighted by molar-refractivity contribution is 9.10. The second-order valence-electron chi connectivity index (χ2n) is 6.42. The van der Waals surface area contributed by atoms with E-state index in [0.717, 1.165) is 15.7 Å². The summed E-state index contributed by atoms with van der Waals surface area (Å²) in [5.74, 6) is 0.349. The van der Waals surface area contributed by atoms with Crippen LogP contribution in [-0.2, 0) is 10.0 Å². The lowest BCUT2D eigenvalue weighted by Gasteiger charge is -2.15. The van der Waals surface area contributed by atoms with Crippen molar-refractivity contribution in [3.63, 3.8) is 0 Å². The molecule has 3 aromatic carbocycles. The zero-order valence-electron chi connectivity index (χ0n) is 16.3. The van der Waals surface area contributed by atoms with Gasteiger partial charge in [0.15, 0.2) is 5.11 Å². The predicted octanol–water partition coefficient (Wildman–Crippen LogP) is 5.38. The number of hydrogen-bond donors (Lipinski definition) is 3. The van der Waals surface area contributed by atoms with Crippen LogP contribution in [0, 0.1) is 6.92 Å². The normalized spacial score (nSPS) is 10.9. The highest BCUT2D eigenvalue weighted by Crippen LogP contribution is 2.29. The van der Waals surface area contributed by atoms with Crippen molar-refractivity contribution in [2.75, 3.05) is 22.5 Å². The van der Waals surface area contributed by atoms with Gasteiger partial charge in [0.05, 0.1) is 17.7 Å². The summed E-state index contributed by atoms with van der Waals surface area (Å²) in [7, 11) is -2.31. The Labute approximate surface area is 189 Å². The summed E-state index contributed by atoms with van der Waals surface area (Å²) in [5.41, 5.74) is 3.00. The van der Waals surface area contributed by atoms with Crippen molar-refractivity contribution >= 4 is 60.3 Å². The number of rotatable bonds is 6. The summed E-state index contributed by atoms with van der Waals surface area (Å²) in [6, 6.07) is 19.2. The number of anilines is 3. The van der Waals surface area contributed by atoms with E-state index in [1.165, 1.54) is 19.2 Å². The van der Waals surface area contributed by atoms with Gasteiger partial charge in [0.25, 0.3) is 10.0 Å². The van der Waals surface area contributed by atoms with Gasteiger partial charge in [-0.2, -0.15) is 0 Å². The van der Waals surface area contributed by atoms with Crippen LogP contribution in [0.2, 0.25) is 0 Å². The molecule has 0 spiro atoms. The zero-order valence-corrected chi connectivity index (χ0v) is 19.5. The Morgan fingerprint density at radius 3 is 2.20 bits per heavy atom. The molecule has 0 fully saturated rings. The lowest BCUT2D eigenvalue weighted by Crippen LogP contribution is -2.20. The second-order valence-corrected chi connectivity index (χ2v) is 9.43. The number of benzene rings is 3. The third-order valence-electron chi connectivity index (χ3n) is 4.14. The van der Waals surface area contributed by atoms with Crippen LogP contribution in [0.3, 0.4) is 0 Å². The molecule has 0 radical (unpaired) electrons. The maximum absolute atomic E-state index is 12.7. The van der Waals surface area contributed by atoms with Gasteiger partial charge in [0, 0.05) is 21.9 Å². The number of sulfonamides is 1. The zero-order chi connectivity index (χ0) is 21.7. The molecule has 0 unspecified atom stereocenters. The quantitative estimate of drug-likeness (QED) is 0.390. The molecular weight excluding hydrogens is 486 g/mol. The Kier molecular flexibility index (Phi) is 6.96. The first kappa shape index (κ1) is 22.1. The largest absolute Gasteiger partial charge is 0.495 e. The Hall–Kier alpha value is -2.62. The van der Waals surface area contributed by atoms with E-state index >= 15 is 0 Å². The minimum Gasteiger partial charge on any atom is -0.495 e. The smallest absolute Gasteiger partial charge is 0.262 e. The molecule has 30 heavy (non-hydrogen) atoms. The SMILES string of the molecule is COc1cc(S(=O)(=O)Nc2ccc(Br)cc2)ccc1NC(=S)Nc1ccc(C)cc1. The van der Waals surface area contributed by atoms with Crippen LogP contribution < -0.4 is 20.1 Å². The molecule has 0 aliphatic heterocycles. The summed E-state index contributed by atoms with van der Waals surface area (Å²) in [6.07, 6.45) is 0. The molecular formula is C21H20BrN3O3S2. The van der Waals surface area contributed by atoms with Gasteiger partial charge in [-0.1, -0.05) is 33.6 Å². The van der Waals surface area contributed by atoms with Crippen molar-refractivity contribution < 1.29 is 13.2 Å². The van der Waals surface area contributed by atoms with Crippen molar-refractivity contribution in [1.82, 2.24) is 0 Å². The highest BCUT2D eigenvalue weighted by Gasteiger charge is 2.17. The molecule has 0 aliphatic rings. The number of nitrogens with one attached hydrogen (secondary N) is 3. The topological polar surface area (TPSA) is 79.5 Å². The van der Waals surface area contributed by atoms with E-state index in [2.05, 4.69) is 31.3 Å². The lowest BCUT2D eigenvalue weighted by atomic mass is 10.2. The van der Waals surface area contributed by atoms with Gasteiger partial charge in [0.2, 0.25) is 0 Å². The Balaban J connectivity index is 1.75. The van der Waals surface area contributed by atoms with E-state index in [1.54, 1.807) is 30.3 Å². The molecule has 0 aliphatic carbocycles. The van der Waals surface area contributed by atoms with Crippen molar-refractivity contribution in [2.24, 2.45) is 0 Å². The highest BCUT2D eigenvalue weighted by atomic mass is 79.9. The van der Waals surface area contributed by atoms with Crippen LogP contribution in [0.15, 0.2) is 76.1 Å². The molecule has 3 aromatic rings. The van der Waals surface area contributed by atoms with Crippen LogP contribution in [-0.4, -0.2) is 20.6 Å². The summed E-state index contributed by atoms with van der Waals surface area (Å²) < 4.78 is 34.2. The number of ether oxygens (including phenoxy) is 1. The van der Waals surface area contributed by atoms with Gasteiger partial charge >= 0.3 is 0 Å². The fourth-order valence-electron chi connectivity index (χ4n) is 2.60. The average molecular weight is 506 g/mol. The van der Waals surface area contributed by atoms with E-state index < -0.39 is 10.0 Å². The maximum Gasteiger partial charge on any atom is 0.262 e. The van der Waals surface area contributed by atoms with E-state index in [-0.39, 0.29) is 4.90 Å². The summed E-state index contributed by atoms with van der Waals surface area (Å²) >= 11 is 8.67. The van der Waals surface area contributed by atoms with Gasteiger partial charge in [-0.15, -0.1) is 0 Å². The minimum absolute atomic E-state index is 0.0743. The van der Waals surface area contributed by atoms with Crippen molar-refractivity contribution in [1.29, 1.82) is 0 Å². The molecule has 0 atom stereocenters. The molecule has 6 nitrogen and oxygen atoms in total. The number of methoxy groups -OCH3 is 1. The standard InChI is InChI=1S/C21H20BrN3O3S2/c1-14-3-7-16(8-4-14)23-21(29)24-19-12-11-18(13-20(19)28-2)30(26,27)25-17-9-5-15(22)6-10-17/h3-13,25H,1-2H3,(H2,23,24,29). The van der Waals surface area contributed by atoms with Crippen LogP contribution in [0.5, 0.6) is 5.75 Å². The Morgan fingerprint density at radius 2 is 1.57 bits per heavy atom. The molecule has 9 heteroatoms. The Bertz CT molecular complexity index is 1150. The van der Waals surface area contributed by atoms with E-state index in [9.17, 15) is 8.42 Å². The third-order valence-corrected chi connectivity index (χ3v) is 6.25. The first-order valence-corrected chi connectivity index (χ1v) is 11.6. The van der Waals surface area contributed by atoms with Gasteiger partial charge in [-0.3, -0.25) is 4.72 Å². The summed E-state index contributed by atoms with van der Waals surface area (Å²) in [4.78, 5) is 0.0743. The van der Waals surface area contributed by atoms with Crippen molar-refractivity contribution in [2.45, 2.75) is 11.8 Å². The Morgan fingerprint density at radius 1 is 0.933 bits per heavy atom. The van der Waals surface area contributed by atoms with Gasteiger partial charge in [-0.25, -0.2) is 8.42 Å². The second kappa shape index (κ2) is 9.46. The van der Waals surface area contributed by atoms with E-state index in [4.69, 9.17) is 17.0 Å². The molecule has 3 rings (SSSR count). The van der Waals surface area contributed by atoms with Crippen molar-refractivity contribution in [3.8, 4) is 5.75 Å². The molecule has 0 heterocycles. The van der Waals surface area contributed by atoms with Gasteiger partial charge in [0.1, 0.15) is 5.75 Å². The third kappa shape index (κ3) is 5.71. The lowest BCUT2D eigenvalue weighted by molar-refractivity contribution is 0.415. The molecule has 0 bridgehead atoms. The van der Waals surface area contributed by atoms with E-state index in [1.807, 2.05) is 31.2 Å². The molecule has 0 saturated carbocycles. The number of thiocarbonyl (C=S) groups is 1. The monoisotopic (exact) mass is 505 g/mol. The first-order chi connectivity index (χ1) is 14.3. The summed E-state index contributed by atoms with van der Waals surface area (Å²) in [6.45, 7) is 2.01. The van der Waals surface area contributed by atoms with E-state index in [0.29, 0.717) is 22.2 Å². The molecule has 0 saturated heterocycles. The van der Waals surface area contributed by atoms with Crippen LogP contribution in [0.4, 0.5) is 17.1 Å². The summed E-state index contributed by atoms with van der Waals surface area (Å²) in [5, 5.41) is 6.48. The number of aryl methyl sites for hydroxylation is 1. The molecule has 0 aromatic heterocycles.